The monoisotopic (exact) mass is 213 g/mol. The SMILES string of the molecule is Cc1csc(CC2COCCC2O)n1. The molecule has 2 heterocycles. The average Bonchev–Trinajstić information content (AvgIpc) is 2.56. The minimum absolute atomic E-state index is 0.215. The summed E-state index contributed by atoms with van der Waals surface area (Å²) in [6.07, 6.45) is 1.39. The number of aromatic nitrogens is 1. The third-order valence-electron chi connectivity index (χ3n) is 2.54. The molecule has 14 heavy (non-hydrogen) atoms. The van der Waals surface area contributed by atoms with Crippen molar-refractivity contribution >= 4 is 11.3 Å². The molecular formula is C10H15NO2S. The normalized spacial score (nSPS) is 27.9. The summed E-state index contributed by atoms with van der Waals surface area (Å²) in [4.78, 5) is 4.39. The Bertz CT molecular complexity index is 300. The van der Waals surface area contributed by atoms with Crippen LogP contribution in [0.5, 0.6) is 0 Å². The second-order valence-corrected chi connectivity index (χ2v) is 4.72. The lowest BCUT2D eigenvalue weighted by Crippen LogP contribution is -2.33. The van der Waals surface area contributed by atoms with Crippen molar-refractivity contribution in [1.29, 1.82) is 0 Å². The standard InChI is InChI=1S/C10H15NO2S/c1-7-6-14-10(11-7)4-8-5-13-3-2-9(8)12/h6,8-9,12H,2-5H2,1H3. The van der Waals surface area contributed by atoms with E-state index >= 15 is 0 Å². The number of ether oxygens (including phenoxy) is 1. The van der Waals surface area contributed by atoms with Crippen molar-refractivity contribution in [3.05, 3.63) is 16.1 Å². The molecule has 1 aromatic rings. The molecular weight excluding hydrogens is 198 g/mol. The van der Waals surface area contributed by atoms with Crippen molar-refractivity contribution in [3.8, 4) is 0 Å². The zero-order chi connectivity index (χ0) is 9.97. The van der Waals surface area contributed by atoms with Gasteiger partial charge in [0, 0.05) is 30.0 Å². The first-order valence-corrected chi connectivity index (χ1v) is 5.80. The molecule has 1 saturated heterocycles. The smallest absolute Gasteiger partial charge is 0.0932 e. The number of aliphatic hydroxyl groups excluding tert-OH is 1. The fourth-order valence-corrected chi connectivity index (χ4v) is 2.57. The molecule has 0 saturated carbocycles. The van der Waals surface area contributed by atoms with Crippen molar-refractivity contribution in [2.75, 3.05) is 13.2 Å². The molecule has 78 valence electrons. The van der Waals surface area contributed by atoms with E-state index in [1.807, 2.05) is 12.3 Å². The highest BCUT2D eigenvalue weighted by atomic mass is 32.1. The molecule has 1 fully saturated rings. The molecule has 1 aliphatic heterocycles. The van der Waals surface area contributed by atoms with Crippen LogP contribution in [0.2, 0.25) is 0 Å². The van der Waals surface area contributed by atoms with Crippen LogP contribution in [0.1, 0.15) is 17.1 Å². The van der Waals surface area contributed by atoms with Crippen LogP contribution in [-0.4, -0.2) is 29.4 Å². The van der Waals surface area contributed by atoms with Crippen LogP contribution in [0.4, 0.5) is 0 Å². The van der Waals surface area contributed by atoms with E-state index in [-0.39, 0.29) is 12.0 Å². The zero-order valence-electron chi connectivity index (χ0n) is 8.27. The molecule has 0 aromatic carbocycles. The summed E-state index contributed by atoms with van der Waals surface area (Å²) in [6.45, 7) is 3.35. The second kappa shape index (κ2) is 4.38. The Kier molecular flexibility index (Phi) is 3.15. The summed E-state index contributed by atoms with van der Waals surface area (Å²) < 4.78 is 5.35. The number of nitrogens with zero attached hydrogens (tertiary/aromatic N) is 1. The molecule has 4 heteroatoms. The summed E-state index contributed by atoms with van der Waals surface area (Å²) >= 11 is 1.67. The predicted octanol–water partition coefficient (Wildman–Crippen LogP) is 1.39. The summed E-state index contributed by atoms with van der Waals surface area (Å²) in [5.41, 5.74) is 1.07. The minimum Gasteiger partial charge on any atom is -0.393 e. The Labute approximate surface area is 87.7 Å². The molecule has 0 spiro atoms. The molecule has 2 atom stereocenters. The Balaban J connectivity index is 1.95. The molecule has 2 rings (SSSR count). The van der Waals surface area contributed by atoms with Crippen LogP contribution in [0.15, 0.2) is 5.38 Å². The Morgan fingerprint density at radius 3 is 3.21 bits per heavy atom. The van der Waals surface area contributed by atoms with E-state index in [0.717, 1.165) is 23.5 Å². The number of thiazole rings is 1. The minimum atomic E-state index is -0.215. The van der Waals surface area contributed by atoms with Crippen LogP contribution in [0.3, 0.4) is 0 Å². The molecule has 1 aliphatic rings. The second-order valence-electron chi connectivity index (χ2n) is 3.78. The van der Waals surface area contributed by atoms with Crippen LogP contribution >= 0.6 is 11.3 Å². The third-order valence-corrected chi connectivity index (χ3v) is 3.53. The highest BCUT2D eigenvalue weighted by molar-refractivity contribution is 7.09. The van der Waals surface area contributed by atoms with Gasteiger partial charge in [0.25, 0.3) is 0 Å². The lowest BCUT2D eigenvalue weighted by atomic mass is 9.96. The fraction of sp³-hybridized carbons (Fsp3) is 0.700. The van der Waals surface area contributed by atoms with E-state index in [1.165, 1.54) is 0 Å². The van der Waals surface area contributed by atoms with Gasteiger partial charge in [0.1, 0.15) is 0 Å². The summed E-state index contributed by atoms with van der Waals surface area (Å²) in [7, 11) is 0. The molecule has 0 aliphatic carbocycles. The topological polar surface area (TPSA) is 42.4 Å². The van der Waals surface area contributed by atoms with Crippen molar-refractivity contribution in [1.82, 2.24) is 4.98 Å². The Morgan fingerprint density at radius 1 is 1.71 bits per heavy atom. The largest absolute Gasteiger partial charge is 0.393 e. The van der Waals surface area contributed by atoms with Gasteiger partial charge in [-0.05, 0) is 13.3 Å². The molecule has 1 N–H and O–H groups in total. The van der Waals surface area contributed by atoms with Gasteiger partial charge in [0.05, 0.1) is 17.7 Å². The zero-order valence-corrected chi connectivity index (χ0v) is 9.09. The Morgan fingerprint density at radius 2 is 2.57 bits per heavy atom. The van der Waals surface area contributed by atoms with Crippen LogP contribution < -0.4 is 0 Å². The van der Waals surface area contributed by atoms with E-state index in [4.69, 9.17) is 4.74 Å². The Hall–Kier alpha value is -0.450. The van der Waals surface area contributed by atoms with Crippen molar-refractivity contribution < 1.29 is 9.84 Å². The average molecular weight is 213 g/mol. The number of hydrogen-bond donors (Lipinski definition) is 1. The highest BCUT2D eigenvalue weighted by Gasteiger charge is 2.24. The van der Waals surface area contributed by atoms with Crippen molar-refractivity contribution in [3.63, 3.8) is 0 Å². The van der Waals surface area contributed by atoms with E-state index in [9.17, 15) is 5.11 Å². The van der Waals surface area contributed by atoms with Crippen molar-refractivity contribution in [2.45, 2.75) is 25.9 Å². The maximum absolute atomic E-state index is 9.73. The third kappa shape index (κ3) is 2.32. The number of aliphatic hydroxyl groups is 1. The molecule has 2 unspecified atom stereocenters. The van der Waals surface area contributed by atoms with Crippen LogP contribution in [0, 0.1) is 12.8 Å². The lowest BCUT2D eigenvalue weighted by molar-refractivity contribution is -0.0350. The van der Waals surface area contributed by atoms with Gasteiger partial charge in [-0.15, -0.1) is 11.3 Å². The number of hydrogen-bond acceptors (Lipinski definition) is 4. The quantitative estimate of drug-likeness (QED) is 0.807. The summed E-state index contributed by atoms with van der Waals surface area (Å²) in [6, 6.07) is 0. The molecule has 0 bridgehead atoms. The van der Waals surface area contributed by atoms with Gasteiger partial charge >= 0.3 is 0 Å². The predicted molar refractivity (Wildman–Crippen MR) is 55.5 cm³/mol. The molecule has 0 amide bonds. The maximum Gasteiger partial charge on any atom is 0.0932 e. The van der Waals surface area contributed by atoms with Crippen LogP contribution in [-0.2, 0) is 11.2 Å². The van der Waals surface area contributed by atoms with E-state index in [1.54, 1.807) is 11.3 Å². The molecule has 1 aromatic heterocycles. The summed E-state index contributed by atoms with van der Waals surface area (Å²) in [5.74, 6) is 0.231. The van der Waals surface area contributed by atoms with Gasteiger partial charge in [-0.3, -0.25) is 0 Å². The van der Waals surface area contributed by atoms with Gasteiger partial charge in [0.2, 0.25) is 0 Å². The first-order chi connectivity index (χ1) is 6.75. The van der Waals surface area contributed by atoms with Crippen molar-refractivity contribution in [2.24, 2.45) is 5.92 Å². The van der Waals surface area contributed by atoms with Gasteiger partial charge in [-0.1, -0.05) is 0 Å². The first-order valence-electron chi connectivity index (χ1n) is 4.92. The van der Waals surface area contributed by atoms with E-state index in [2.05, 4.69) is 4.98 Å². The molecule has 0 radical (unpaired) electrons. The van der Waals surface area contributed by atoms with Crippen LogP contribution in [0.25, 0.3) is 0 Å². The first kappa shape index (κ1) is 10.1. The lowest BCUT2D eigenvalue weighted by Gasteiger charge is -2.26. The molecule has 3 nitrogen and oxygen atoms in total. The van der Waals surface area contributed by atoms with Gasteiger partial charge in [0.15, 0.2) is 0 Å². The maximum atomic E-state index is 9.73. The van der Waals surface area contributed by atoms with E-state index < -0.39 is 0 Å². The van der Waals surface area contributed by atoms with Gasteiger partial charge < -0.3 is 9.84 Å². The fourth-order valence-electron chi connectivity index (χ4n) is 1.70. The number of aryl methyl sites for hydroxylation is 1. The van der Waals surface area contributed by atoms with E-state index in [0.29, 0.717) is 13.2 Å². The highest BCUT2D eigenvalue weighted by Crippen LogP contribution is 2.21. The van der Waals surface area contributed by atoms with Gasteiger partial charge in [-0.25, -0.2) is 4.98 Å². The summed E-state index contributed by atoms with van der Waals surface area (Å²) in [5, 5.41) is 12.9. The number of rotatable bonds is 2. The van der Waals surface area contributed by atoms with Gasteiger partial charge in [-0.2, -0.15) is 0 Å².